The van der Waals surface area contributed by atoms with E-state index in [0.717, 1.165) is 55.2 Å². The Morgan fingerprint density at radius 2 is 1.81 bits per heavy atom. The minimum atomic E-state index is -0.490. The van der Waals surface area contributed by atoms with Crippen LogP contribution in [0.2, 0.25) is 0 Å². The monoisotopic (exact) mass is 608 g/mol. The number of piperidine rings is 1. The molecule has 10 nitrogen and oxygen atoms in total. The number of ether oxygens (including phenoxy) is 3. The summed E-state index contributed by atoms with van der Waals surface area (Å²) < 4.78 is 31.7. The van der Waals surface area contributed by atoms with Crippen LogP contribution in [-0.4, -0.2) is 81.1 Å². The SMILES string of the molecule is C1COCCO1.CC(C)(C)OC(=O)N1CCC(Sc2ccc3cnc(Nc4ccc(-n5cccn5)cc4F)cc3n2)CC1. The molecule has 1 N–H and O–H groups in total. The Morgan fingerprint density at radius 3 is 2.44 bits per heavy atom. The van der Waals surface area contributed by atoms with Crippen molar-refractivity contribution in [3.05, 3.63) is 66.9 Å². The number of rotatable bonds is 5. The van der Waals surface area contributed by atoms with Gasteiger partial charge in [0.1, 0.15) is 17.2 Å². The average Bonchev–Trinajstić information content (AvgIpc) is 3.54. The lowest BCUT2D eigenvalue weighted by Gasteiger charge is -2.33. The number of aromatic nitrogens is 4. The van der Waals surface area contributed by atoms with Crippen molar-refractivity contribution in [2.24, 2.45) is 0 Å². The molecule has 0 aliphatic carbocycles. The second-order valence-electron chi connectivity index (χ2n) is 11.2. The standard InChI is InChI=1S/C27H29FN6O2S.C4H8O2/c1-27(2,3)36-26(35)33-13-9-20(10-14-33)37-25-8-5-18-17-29-24(16-23(18)32-25)31-22-7-6-19(15-21(22)28)34-12-4-11-30-34;1-2-6-4-3-5-1/h4-8,11-12,15-17,20H,9-10,13-14H2,1-3H3,(H,29,31);1-4H2. The van der Waals surface area contributed by atoms with E-state index >= 15 is 0 Å². The van der Waals surface area contributed by atoms with Crippen molar-refractivity contribution in [3.8, 4) is 5.69 Å². The molecule has 2 aliphatic rings. The average molecular weight is 609 g/mol. The van der Waals surface area contributed by atoms with Gasteiger partial charge in [0.05, 0.1) is 48.3 Å². The minimum Gasteiger partial charge on any atom is -0.444 e. The van der Waals surface area contributed by atoms with Crippen LogP contribution in [0.25, 0.3) is 16.6 Å². The summed E-state index contributed by atoms with van der Waals surface area (Å²) in [5.41, 5.74) is 1.25. The molecule has 1 aromatic carbocycles. The number of amides is 1. The van der Waals surface area contributed by atoms with Crippen LogP contribution in [0.5, 0.6) is 0 Å². The van der Waals surface area contributed by atoms with E-state index in [-0.39, 0.29) is 6.09 Å². The second kappa shape index (κ2) is 14.2. The fraction of sp³-hybridized carbons (Fsp3) is 0.419. The number of halogens is 1. The Morgan fingerprint density at radius 1 is 1.07 bits per heavy atom. The molecule has 2 aliphatic heterocycles. The second-order valence-corrected chi connectivity index (χ2v) is 12.5. The van der Waals surface area contributed by atoms with Gasteiger partial charge in [0, 0.05) is 54.4 Å². The first kappa shape index (κ1) is 30.7. The number of carbonyl (C=O) groups excluding carboxylic acids is 1. The van der Waals surface area contributed by atoms with Crippen LogP contribution in [0.3, 0.4) is 0 Å². The number of nitrogens with one attached hydrogen (secondary N) is 1. The summed E-state index contributed by atoms with van der Waals surface area (Å²) >= 11 is 1.72. The third kappa shape index (κ3) is 8.88. The number of pyridine rings is 2. The molecule has 0 unspecified atom stereocenters. The zero-order valence-electron chi connectivity index (χ0n) is 24.7. The normalized spacial score (nSPS) is 16.0. The number of carbonyl (C=O) groups is 1. The Balaban J connectivity index is 0.000000548. The number of nitrogens with zero attached hydrogens (tertiary/aromatic N) is 5. The zero-order valence-corrected chi connectivity index (χ0v) is 25.5. The summed E-state index contributed by atoms with van der Waals surface area (Å²) in [7, 11) is 0. The van der Waals surface area contributed by atoms with Gasteiger partial charge in [0.15, 0.2) is 0 Å². The molecule has 0 radical (unpaired) electrons. The highest BCUT2D eigenvalue weighted by molar-refractivity contribution is 7.99. The molecule has 2 fully saturated rings. The lowest BCUT2D eigenvalue weighted by atomic mass is 10.1. The number of benzene rings is 1. The van der Waals surface area contributed by atoms with Crippen LogP contribution in [0.4, 0.5) is 20.7 Å². The smallest absolute Gasteiger partial charge is 0.410 e. The van der Waals surface area contributed by atoms with Crippen LogP contribution in [-0.2, 0) is 14.2 Å². The molecular weight excluding hydrogens is 571 g/mol. The van der Waals surface area contributed by atoms with Crippen molar-refractivity contribution in [2.45, 2.75) is 49.5 Å². The van der Waals surface area contributed by atoms with E-state index in [1.54, 1.807) is 58.1 Å². The van der Waals surface area contributed by atoms with Crippen molar-refractivity contribution in [2.75, 3.05) is 44.8 Å². The maximum Gasteiger partial charge on any atom is 0.410 e. The lowest BCUT2D eigenvalue weighted by Crippen LogP contribution is -2.42. The highest BCUT2D eigenvalue weighted by atomic mass is 32.2. The predicted octanol–water partition coefficient (Wildman–Crippen LogP) is 6.22. The fourth-order valence-corrected chi connectivity index (χ4v) is 5.62. The molecule has 12 heteroatoms. The van der Waals surface area contributed by atoms with Gasteiger partial charge in [-0.3, -0.25) is 0 Å². The third-order valence-corrected chi connectivity index (χ3v) is 7.93. The molecule has 0 spiro atoms. The number of hydrogen-bond acceptors (Lipinski definition) is 9. The topological polar surface area (TPSA) is 104 Å². The summed E-state index contributed by atoms with van der Waals surface area (Å²) in [6.07, 6.45) is 6.64. The van der Waals surface area contributed by atoms with E-state index in [4.69, 9.17) is 19.2 Å². The Kier molecular flexibility index (Phi) is 10.1. The maximum absolute atomic E-state index is 14.7. The summed E-state index contributed by atoms with van der Waals surface area (Å²) in [6, 6.07) is 12.5. The summed E-state index contributed by atoms with van der Waals surface area (Å²) in [6.45, 7) is 10.1. The van der Waals surface area contributed by atoms with Gasteiger partial charge in [-0.05, 0) is 63.9 Å². The van der Waals surface area contributed by atoms with Gasteiger partial charge in [-0.1, -0.05) is 0 Å². The van der Waals surface area contributed by atoms with E-state index in [1.165, 1.54) is 6.07 Å². The van der Waals surface area contributed by atoms with Crippen molar-refractivity contribution in [3.63, 3.8) is 0 Å². The largest absolute Gasteiger partial charge is 0.444 e. The van der Waals surface area contributed by atoms with Gasteiger partial charge >= 0.3 is 6.09 Å². The number of anilines is 2. The summed E-state index contributed by atoms with van der Waals surface area (Å²) in [5.74, 6) is 0.114. The van der Waals surface area contributed by atoms with E-state index < -0.39 is 11.4 Å². The van der Waals surface area contributed by atoms with Crippen molar-refractivity contribution in [1.82, 2.24) is 24.6 Å². The molecule has 5 heterocycles. The molecule has 0 saturated carbocycles. The van der Waals surface area contributed by atoms with Crippen molar-refractivity contribution >= 4 is 40.3 Å². The van der Waals surface area contributed by atoms with Crippen LogP contribution in [0, 0.1) is 5.82 Å². The number of thioether (sulfide) groups is 1. The molecule has 4 aromatic rings. The Hall–Kier alpha value is -3.74. The molecule has 2 saturated heterocycles. The van der Waals surface area contributed by atoms with Crippen LogP contribution >= 0.6 is 11.8 Å². The van der Waals surface area contributed by atoms with Gasteiger partial charge in [-0.25, -0.2) is 23.8 Å². The predicted molar refractivity (Wildman–Crippen MR) is 165 cm³/mol. The van der Waals surface area contributed by atoms with Gasteiger partial charge in [0.2, 0.25) is 0 Å². The third-order valence-electron chi connectivity index (χ3n) is 6.66. The highest BCUT2D eigenvalue weighted by Crippen LogP contribution is 2.31. The maximum atomic E-state index is 14.7. The molecule has 0 atom stereocenters. The summed E-state index contributed by atoms with van der Waals surface area (Å²) in [4.78, 5) is 23.3. The van der Waals surface area contributed by atoms with Crippen LogP contribution < -0.4 is 5.32 Å². The summed E-state index contributed by atoms with van der Waals surface area (Å²) in [5, 5.41) is 9.38. The molecule has 3 aromatic heterocycles. The zero-order chi connectivity index (χ0) is 30.2. The number of fused-ring (bicyclic) bond motifs is 1. The Bertz CT molecular complexity index is 1490. The lowest BCUT2D eigenvalue weighted by molar-refractivity contribution is -0.0334. The molecule has 0 bridgehead atoms. The van der Waals surface area contributed by atoms with Gasteiger partial charge in [-0.15, -0.1) is 11.8 Å². The molecule has 6 rings (SSSR count). The van der Waals surface area contributed by atoms with Crippen LogP contribution in [0.15, 0.2) is 66.1 Å². The molecular formula is C31H37FN6O4S. The quantitative estimate of drug-likeness (QED) is 0.283. The minimum absolute atomic E-state index is 0.250. The molecule has 1 amide bonds. The first-order chi connectivity index (χ1) is 20.7. The fourth-order valence-electron chi connectivity index (χ4n) is 4.53. The van der Waals surface area contributed by atoms with Crippen LogP contribution in [0.1, 0.15) is 33.6 Å². The first-order valence-electron chi connectivity index (χ1n) is 14.4. The molecule has 228 valence electrons. The van der Waals surface area contributed by atoms with Crippen molar-refractivity contribution in [1.29, 1.82) is 0 Å². The van der Waals surface area contributed by atoms with E-state index in [2.05, 4.69) is 15.4 Å². The van der Waals surface area contributed by atoms with Crippen molar-refractivity contribution < 1.29 is 23.4 Å². The van der Waals surface area contributed by atoms with Gasteiger partial charge in [0.25, 0.3) is 0 Å². The first-order valence-corrected chi connectivity index (χ1v) is 15.2. The Labute approximate surface area is 254 Å². The van der Waals surface area contributed by atoms with E-state index in [0.29, 0.717) is 35.5 Å². The number of likely N-dealkylation sites (tertiary alicyclic amines) is 1. The van der Waals surface area contributed by atoms with Gasteiger partial charge in [-0.2, -0.15) is 5.10 Å². The van der Waals surface area contributed by atoms with E-state index in [9.17, 15) is 9.18 Å². The number of hydrogen-bond donors (Lipinski definition) is 1. The van der Waals surface area contributed by atoms with Gasteiger partial charge < -0.3 is 24.4 Å². The van der Waals surface area contributed by atoms with E-state index in [1.807, 2.05) is 39.0 Å². The highest BCUT2D eigenvalue weighted by Gasteiger charge is 2.27. The molecule has 43 heavy (non-hydrogen) atoms.